The van der Waals surface area contributed by atoms with Crippen molar-refractivity contribution >= 4 is 11.6 Å². The summed E-state index contributed by atoms with van der Waals surface area (Å²) in [4.78, 5) is 14.5. The summed E-state index contributed by atoms with van der Waals surface area (Å²) in [5.41, 5.74) is 1.68. The van der Waals surface area contributed by atoms with Gasteiger partial charge in [0.2, 0.25) is 5.91 Å². The largest absolute Gasteiger partial charge is 0.504 e. The lowest BCUT2D eigenvalue weighted by Gasteiger charge is -2.48. The Bertz CT molecular complexity index is 1090. The molecule has 1 heterocycles. The molecule has 0 radical (unpaired) electrons. The van der Waals surface area contributed by atoms with Crippen molar-refractivity contribution < 1.29 is 28.9 Å². The number of carbonyl (C=O) groups excluding carboxylic acids is 1. The lowest BCUT2D eigenvalue weighted by atomic mass is 9.78. The fourth-order valence-electron chi connectivity index (χ4n) is 4.01. The summed E-state index contributed by atoms with van der Waals surface area (Å²) < 4.78 is 26.5. The van der Waals surface area contributed by atoms with Crippen molar-refractivity contribution in [2.45, 2.75) is 25.0 Å². The van der Waals surface area contributed by atoms with Crippen LogP contribution in [0.2, 0.25) is 0 Å². The summed E-state index contributed by atoms with van der Waals surface area (Å²) in [6.45, 7) is 0. The van der Waals surface area contributed by atoms with Gasteiger partial charge in [0.05, 0.1) is 18.1 Å². The molecule has 1 saturated heterocycles. The standard InChI is InChI=1S/C24H21F2NO4/c25-16-4-1-14(2-5-16)20(28)12-10-19-23(15-3-11-21(29)22(30)13-15)27(24(19)31)18-8-6-17(26)7-9-18/h1-9,11,13,19-20,23,28-30H,10,12H2. The molecule has 0 aromatic heterocycles. The topological polar surface area (TPSA) is 81.0 Å². The van der Waals surface area contributed by atoms with Gasteiger partial charge in [-0.2, -0.15) is 0 Å². The molecule has 1 aliphatic heterocycles. The fraction of sp³-hybridized carbons (Fsp3) is 0.208. The second-order valence-electron chi connectivity index (χ2n) is 7.63. The number of carbonyl (C=O) groups is 1. The van der Waals surface area contributed by atoms with E-state index in [1.165, 1.54) is 65.6 Å². The van der Waals surface area contributed by atoms with Crippen LogP contribution in [0.1, 0.15) is 36.1 Å². The van der Waals surface area contributed by atoms with Crippen molar-refractivity contribution in [2.24, 2.45) is 5.92 Å². The van der Waals surface area contributed by atoms with Gasteiger partial charge in [-0.05, 0) is 72.5 Å². The molecule has 7 heteroatoms. The van der Waals surface area contributed by atoms with Crippen LogP contribution in [-0.2, 0) is 4.79 Å². The van der Waals surface area contributed by atoms with E-state index < -0.39 is 29.7 Å². The second-order valence-corrected chi connectivity index (χ2v) is 7.63. The molecular weight excluding hydrogens is 404 g/mol. The smallest absolute Gasteiger partial charge is 0.233 e. The zero-order valence-electron chi connectivity index (χ0n) is 16.5. The van der Waals surface area contributed by atoms with Gasteiger partial charge in [-0.3, -0.25) is 4.79 Å². The molecule has 160 valence electrons. The van der Waals surface area contributed by atoms with E-state index >= 15 is 0 Å². The van der Waals surface area contributed by atoms with Crippen LogP contribution in [0.3, 0.4) is 0 Å². The first kappa shape index (κ1) is 20.8. The Hall–Kier alpha value is -3.45. The summed E-state index contributed by atoms with van der Waals surface area (Å²) in [5, 5.41) is 30.0. The minimum atomic E-state index is -0.859. The Morgan fingerprint density at radius 2 is 1.48 bits per heavy atom. The number of halogens is 2. The number of nitrogens with zero attached hydrogens (tertiary/aromatic N) is 1. The highest BCUT2D eigenvalue weighted by molar-refractivity contribution is 6.03. The van der Waals surface area contributed by atoms with E-state index in [1.807, 2.05) is 0 Å². The molecule has 3 atom stereocenters. The number of hydrogen-bond donors (Lipinski definition) is 3. The minimum Gasteiger partial charge on any atom is -0.504 e. The predicted molar refractivity (Wildman–Crippen MR) is 110 cm³/mol. The fourth-order valence-corrected chi connectivity index (χ4v) is 4.01. The molecular formula is C24H21F2NO4. The molecule has 3 N–H and O–H groups in total. The summed E-state index contributed by atoms with van der Waals surface area (Å²) in [7, 11) is 0. The van der Waals surface area contributed by atoms with Crippen molar-refractivity contribution in [1.82, 2.24) is 0 Å². The van der Waals surface area contributed by atoms with E-state index in [0.717, 1.165) is 0 Å². The highest BCUT2D eigenvalue weighted by Crippen LogP contribution is 2.47. The molecule has 0 bridgehead atoms. The van der Waals surface area contributed by atoms with E-state index in [0.29, 0.717) is 23.2 Å². The number of β-lactam (4-membered cyclic amide) rings is 1. The zero-order valence-corrected chi connectivity index (χ0v) is 16.5. The first-order chi connectivity index (χ1) is 14.8. The average Bonchev–Trinajstić information content (AvgIpc) is 2.75. The molecule has 3 aromatic rings. The van der Waals surface area contributed by atoms with Gasteiger partial charge in [0.25, 0.3) is 0 Å². The number of anilines is 1. The molecule has 3 unspecified atom stereocenters. The molecule has 0 spiro atoms. The molecule has 5 nitrogen and oxygen atoms in total. The van der Waals surface area contributed by atoms with Gasteiger partial charge in [-0.15, -0.1) is 0 Å². The molecule has 3 aromatic carbocycles. The molecule has 0 saturated carbocycles. The zero-order chi connectivity index (χ0) is 22.1. The van der Waals surface area contributed by atoms with Crippen molar-refractivity contribution in [3.8, 4) is 11.5 Å². The normalized spacial score (nSPS) is 19.2. The third kappa shape index (κ3) is 4.09. The molecule has 1 fully saturated rings. The van der Waals surface area contributed by atoms with Crippen molar-refractivity contribution in [3.63, 3.8) is 0 Å². The molecule has 1 aliphatic rings. The van der Waals surface area contributed by atoms with Crippen molar-refractivity contribution in [2.75, 3.05) is 4.90 Å². The van der Waals surface area contributed by atoms with E-state index in [2.05, 4.69) is 0 Å². The van der Waals surface area contributed by atoms with Crippen LogP contribution in [0, 0.1) is 17.6 Å². The molecule has 31 heavy (non-hydrogen) atoms. The quantitative estimate of drug-likeness (QED) is 0.399. The van der Waals surface area contributed by atoms with E-state index in [-0.39, 0.29) is 23.8 Å². The third-order valence-electron chi connectivity index (χ3n) is 5.67. The number of aliphatic hydroxyl groups excluding tert-OH is 1. The Kier molecular flexibility index (Phi) is 5.61. The Labute approximate surface area is 177 Å². The van der Waals surface area contributed by atoms with E-state index in [9.17, 15) is 28.9 Å². The molecule has 4 rings (SSSR count). The van der Waals surface area contributed by atoms with Gasteiger partial charge in [0.15, 0.2) is 11.5 Å². The maximum absolute atomic E-state index is 13.3. The maximum Gasteiger partial charge on any atom is 0.233 e. The van der Waals surface area contributed by atoms with Crippen molar-refractivity contribution in [1.29, 1.82) is 0 Å². The van der Waals surface area contributed by atoms with Gasteiger partial charge in [0, 0.05) is 5.69 Å². The molecule has 1 amide bonds. The lowest BCUT2D eigenvalue weighted by molar-refractivity contribution is -0.131. The predicted octanol–water partition coefficient (Wildman–Crippen LogP) is 4.59. The van der Waals surface area contributed by atoms with E-state index in [4.69, 9.17) is 0 Å². The van der Waals surface area contributed by atoms with Crippen LogP contribution in [0.15, 0.2) is 66.7 Å². The number of aliphatic hydroxyl groups is 1. The number of amides is 1. The van der Waals surface area contributed by atoms with Crippen LogP contribution in [0.4, 0.5) is 14.5 Å². The summed E-state index contributed by atoms with van der Waals surface area (Å²) >= 11 is 0. The first-order valence-electron chi connectivity index (χ1n) is 9.89. The number of aromatic hydroxyl groups is 2. The van der Waals surface area contributed by atoms with Gasteiger partial charge in [0.1, 0.15) is 11.6 Å². The average molecular weight is 425 g/mol. The van der Waals surface area contributed by atoms with Crippen LogP contribution in [0.25, 0.3) is 0 Å². The van der Waals surface area contributed by atoms with E-state index in [1.54, 1.807) is 6.07 Å². The Balaban J connectivity index is 1.58. The Morgan fingerprint density at radius 3 is 2.10 bits per heavy atom. The maximum atomic E-state index is 13.3. The number of phenolic OH excluding ortho intramolecular Hbond substituents is 2. The minimum absolute atomic E-state index is 0.185. The number of rotatable bonds is 6. The number of phenols is 2. The lowest BCUT2D eigenvalue weighted by Crippen LogP contribution is -2.55. The van der Waals surface area contributed by atoms with Gasteiger partial charge in [-0.1, -0.05) is 18.2 Å². The SMILES string of the molecule is O=C1C(CCC(O)c2ccc(F)cc2)C(c2ccc(O)c(O)c2)N1c1ccc(F)cc1. The highest BCUT2D eigenvalue weighted by atomic mass is 19.1. The van der Waals surface area contributed by atoms with Crippen LogP contribution < -0.4 is 4.90 Å². The summed E-state index contributed by atoms with van der Waals surface area (Å²) in [6, 6.07) is 15.0. The van der Waals surface area contributed by atoms with Crippen LogP contribution >= 0.6 is 0 Å². The van der Waals surface area contributed by atoms with Gasteiger partial charge < -0.3 is 20.2 Å². The van der Waals surface area contributed by atoms with Gasteiger partial charge >= 0.3 is 0 Å². The summed E-state index contributed by atoms with van der Waals surface area (Å²) in [5.74, 6) is -2.06. The highest BCUT2D eigenvalue weighted by Gasteiger charge is 2.48. The third-order valence-corrected chi connectivity index (χ3v) is 5.67. The first-order valence-corrected chi connectivity index (χ1v) is 9.89. The molecule has 0 aliphatic carbocycles. The van der Waals surface area contributed by atoms with Crippen LogP contribution in [-0.4, -0.2) is 21.2 Å². The van der Waals surface area contributed by atoms with Crippen LogP contribution in [0.5, 0.6) is 11.5 Å². The monoisotopic (exact) mass is 425 g/mol. The number of benzene rings is 3. The second kappa shape index (κ2) is 8.35. The number of hydrogen-bond acceptors (Lipinski definition) is 4. The van der Waals surface area contributed by atoms with Gasteiger partial charge in [-0.25, -0.2) is 8.78 Å². The van der Waals surface area contributed by atoms with Crippen molar-refractivity contribution in [3.05, 3.63) is 89.5 Å². The Morgan fingerprint density at radius 1 is 0.871 bits per heavy atom. The summed E-state index contributed by atoms with van der Waals surface area (Å²) in [6.07, 6.45) is -0.233.